The van der Waals surface area contributed by atoms with E-state index >= 15 is 0 Å². The van der Waals surface area contributed by atoms with Crippen LogP contribution in [0.25, 0.3) is 0 Å². The molecule has 3 rings (SSSR count). The Morgan fingerprint density at radius 3 is 2.59 bits per heavy atom. The number of alkyl halides is 3. The Labute approximate surface area is 179 Å². The van der Waals surface area contributed by atoms with E-state index in [0.29, 0.717) is 6.20 Å². The highest BCUT2D eigenvalue weighted by Gasteiger charge is 2.50. The maximum Gasteiger partial charge on any atom is 0.574 e. The van der Waals surface area contributed by atoms with Gasteiger partial charge in [-0.05, 0) is 18.2 Å². The van der Waals surface area contributed by atoms with Crippen LogP contribution in [0.15, 0.2) is 41.4 Å². The van der Waals surface area contributed by atoms with Gasteiger partial charge in [0.25, 0.3) is 0 Å². The van der Waals surface area contributed by atoms with E-state index in [-0.39, 0.29) is 11.3 Å². The summed E-state index contributed by atoms with van der Waals surface area (Å²) in [6.07, 6.45) is -5.51. The van der Waals surface area contributed by atoms with E-state index in [0.717, 1.165) is 28.6 Å². The summed E-state index contributed by atoms with van der Waals surface area (Å²) < 4.78 is 86.4. The third-order valence-electron chi connectivity index (χ3n) is 4.68. The number of pyridine rings is 1. The van der Waals surface area contributed by atoms with Crippen molar-refractivity contribution in [3.63, 3.8) is 0 Å². The van der Waals surface area contributed by atoms with Crippen molar-refractivity contribution in [2.75, 3.05) is 19.6 Å². The van der Waals surface area contributed by atoms with Crippen LogP contribution < -0.4 is 15.2 Å². The average molecular weight is 476 g/mol. The number of ether oxygens (including phenoxy) is 2. The Kier molecular flexibility index (Phi) is 6.29. The fraction of sp³-hybridized carbons (Fsp3) is 0.333. The molecule has 0 radical (unpaired) electrons. The first-order valence-corrected chi connectivity index (χ1v) is 10.3. The molecule has 1 aliphatic heterocycles. The number of benzene rings is 1. The summed E-state index contributed by atoms with van der Waals surface area (Å²) in [4.78, 5) is 2.89. The van der Waals surface area contributed by atoms with Crippen molar-refractivity contribution in [1.82, 2.24) is 9.29 Å². The second kappa shape index (κ2) is 8.51. The first kappa shape index (κ1) is 23.7. The second-order valence-corrected chi connectivity index (χ2v) is 8.78. The smallest absolute Gasteiger partial charge is 0.486 e. The zero-order chi connectivity index (χ0) is 23.7. The number of nitrogens with two attached hydrogens (primary N) is 1. The van der Waals surface area contributed by atoms with E-state index in [1.165, 1.54) is 6.07 Å². The highest BCUT2D eigenvalue weighted by atomic mass is 32.2. The summed E-state index contributed by atoms with van der Waals surface area (Å²) in [5.74, 6) is -1.77. The van der Waals surface area contributed by atoms with Crippen molar-refractivity contribution < 1.29 is 40.6 Å². The molecular formula is C18H16F4N4O5S. The predicted octanol–water partition coefficient (Wildman–Crippen LogP) is 1.13. The fourth-order valence-electron chi connectivity index (χ4n) is 3.02. The number of halogens is 4. The molecule has 1 saturated heterocycles. The van der Waals surface area contributed by atoms with Gasteiger partial charge in [0.2, 0.25) is 15.9 Å². The van der Waals surface area contributed by atoms with Gasteiger partial charge >= 0.3 is 6.36 Å². The summed E-state index contributed by atoms with van der Waals surface area (Å²) >= 11 is 0. The number of hydrogen-bond acceptors (Lipinski definition) is 8. The van der Waals surface area contributed by atoms with Crippen molar-refractivity contribution in [3.05, 3.63) is 47.9 Å². The molecule has 1 aliphatic rings. The van der Waals surface area contributed by atoms with Crippen molar-refractivity contribution >= 4 is 10.0 Å². The molecule has 14 heteroatoms. The Bertz CT molecular complexity index is 1140. The van der Waals surface area contributed by atoms with Crippen LogP contribution in [0.2, 0.25) is 0 Å². The Balaban J connectivity index is 1.81. The molecule has 0 spiro atoms. The molecule has 2 heterocycles. The second-order valence-electron chi connectivity index (χ2n) is 6.85. The normalized spacial score (nSPS) is 21.8. The van der Waals surface area contributed by atoms with Crippen LogP contribution >= 0.6 is 0 Å². The molecule has 9 nitrogen and oxygen atoms in total. The van der Waals surface area contributed by atoms with E-state index < -0.39 is 64.3 Å². The monoisotopic (exact) mass is 476 g/mol. The quantitative estimate of drug-likeness (QED) is 0.592. The minimum atomic E-state index is -4.99. The summed E-state index contributed by atoms with van der Waals surface area (Å²) in [6, 6.07) is 6.59. The summed E-state index contributed by atoms with van der Waals surface area (Å²) in [5.41, 5.74) is 3.53. The molecule has 1 fully saturated rings. The number of nitrogens with zero attached hydrogens (tertiary/aromatic N) is 3. The molecule has 1 aromatic heterocycles. The zero-order valence-corrected chi connectivity index (χ0v) is 16.9. The summed E-state index contributed by atoms with van der Waals surface area (Å²) in [6.45, 7) is -1.28. The van der Waals surface area contributed by atoms with Crippen LogP contribution in [0.5, 0.6) is 11.6 Å². The van der Waals surface area contributed by atoms with Gasteiger partial charge in [0.05, 0.1) is 18.3 Å². The van der Waals surface area contributed by atoms with E-state index in [1.54, 1.807) is 6.07 Å². The number of aromatic nitrogens is 1. The average Bonchev–Trinajstić information content (AvgIpc) is 3.05. The molecule has 172 valence electrons. The van der Waals surface area contributed by atoms with Crippen LogP contribution in [0.1, 0.15) is 5.56 Å². The van der Waals surface area contributed by atoms with Crippen molar-refractivity contribution in [1.29, 1.82) is 5.26 Å². The van der Waals surface area contributed by atoms with E-state index in [2.05, 4.69) is 9.72 Å². The largest absolute Gasteiger partial charge is 0.574 e. The zero-order valence-electron chi connectivity index (χ0n) is 16.1. The first-order chi connectivity index (χ1) is 14.9. The van der Waals surface area contributed by atoms with Gasteiger partial charge in [-0.3, -0.25) is 0 Å². The minimum absolute atomic E-state index is 0.0621. The van der Waals surface area contributed by atoms with E-state index in [1.807, 2.05) is 0 Å². The highest BCUT2D eigenvalue weighted by molar-refractivity contribution is 7.89. The summed E-state index contributed by atoms with van der Waals surface area (Å²) in [7, 11) is -4.30. The van der Waals surface area contributed by atoms with Crippen LogP contribution in [0, 0.1) is 17.1 Å². The van der Waals surface area contributed by atoms with Crippen molar-refractivity contribution in [2.24, 2.45) is 5.73 Å². The molecule has 1 aromatic carbocycles. The number of β-amino-alcohol motifs (C(OH)–C–C–N with tert-alkyl or cyclic N) is 1. The topological polar surface area (TPSA) is 139 Å². The van der Waals surface area contributed by atoms with Crippen LogP contribution in [-0.4, -0.2) is 60.5 Å². The van der Waals surface area contributed by atoms with Crippen LogP contribution in [0.4, 0.5) is 17.6 Å². The standard InChI is InChI=1S/C18H16F4N4O5S/c19-14-5-12(2-1-11(14)6-23)30-15-8-26(10-17(15,27)9-24)32(28,29)13-3-4-16(25-7-13)31-18(20,21)22/h1-5,7,15,27H,8-10,24H2/t15-,17-/m0/s1. The maximum atomic E-state index is 13.8. The molecule has 0 unspecified atom stereocenters. The van der Waals surface area contributed by atoms with Crippen molar-refractivity contribution in [2.45, 2.75) is 23.0 Å². The van der Waals surface area contributed by atoms with Gasteiger partial charge in [-0.1, -0.05) is 0 Å². The predicted molar refractivity (Wildman–Crippen MR) is 99.2 cm³/mol. The van der Waals surface area contributed by atoms with Gasteiger partial charge in [-0.25, -0.2) is 17.8 Å². The lowest BCUT2D eigenvalue weighted by atomic mass is 10.0. The molecule has 0 amide bonds. The Morgan fingerprint density at radius 2 is 2.06 bits per heavy atom. The lowest BCUT2D eigenvalue weighted by Crippen LogP contribution is -2.50. The molecule has 3 N–H and O–H groups in total. The third-order valence-corrected chi connectivity index (χ3v) is 6.47. The Morgan fingerprint density at radius 1 is 1.34 bits per heavy atom. The van der Waals surface area contributed by atoms with Gasteiger partial charge in [0.15, 0.2) is 0 Å². The lowest BCUT2D eigenvalue weighted by Gasteiger charge is -2.27. The van der Waals surface area contributed by atoms with Crippen LogP contribution in [-0.2, 0) is 10.0 Å². The van der Waals surface area contributed by atoms with Gasteiger partial charge in [0, 0.05) is 25.2 Å². The molecular weight excluding hydrogens is 460 g/mol. The number of aliphatic hydroxyl groups is 1. The molecule has 0 aliphatic carbocycles. The maximum absolute atomic E-state index is 13.8. The van der Waals surface area contributed by atoms with Gasteiger partial charge in [-0.2, -0.15) is 9.57 Å². The number of hydrogen-bond donors (Lipinski definition) is 2. The SMILES string of the molecule is N#Cc1ccc(O[C@H]2CN(S(=O)(=O)c3ccc(OC(F)(F)F)nc3)C[C@@]2(O)CN)cc1F. The van der Waals surface area contributed by atoms with Gasteiger partial charge in [0.1, 0.15) is 34.2 Å². The summed E-state index contributed by atoms with van der Waals surface area (Å²) in [5, 5.41) is 19.6. The van der Waals surface area contributed by atoms with E-state index in [9.17, 15) is 31.1 Å². The number of sulfonamides is 1. The molecule has 0 saturated carbocycles. The molecule has 32 heavy (non-hydrogen) atoms. The number of nitriles is 1. The molecule has 2 aromatic rings. The van der Waals surface area contributed by atoms with Gasteiger partial charge in [-0.15, -0.1) is 13.2 Å². The first-order valence-electron chi connectivity index (χ1n) is 8.89. The fourth-order valence-corrected chi connectivity index (χ4v) is 4.47. The minimum Gasteiger partial charge on any atom is -0.486 e. The third kappa shape index (κ3) is 4.91. The lowest BCUT2D eigenvalue weighted by molar-refractivity contribution is -0.276. The van der Waals surface area contributed by atoms with Crippen molar-refractivity contribution in [3.8, 4) is 17.7 Å². The number of rotatable bonds is 6. The van der Waals surface area contributed by atoms with E-state index in [4.69, 9.17) is 15.7 Å². The Hall–Kier alpha value is -2.99. The molecule has 2 atom stereocenters. The molecule has 0 bridgehead atoms. The highest BCUT2D eigenvalue weighted by Crippen LogP contribution is 2.31. The van der Waals surface area contributed by atoms with Crippen LogP contribution in [0.3, 0.4) is 0 Å². The van der Waals surface area contributed by atoms with Gasteiger partial charge < -0.3 is 20.3 Å².